The van der Waals surface area contributed by atoms with Crippen molar-refractivity contribution in [1.82, 2.24) is 10.6 Å². The molecule has 0 aromatic carbocycles. The lowest BCUT2D eigenvalue weighted by Gasteiger charge is -2.10. The summed E-state index contributed by atoms with van der Waals surface area (Å²) in [6.45, 7) is 4.80. The van der Waals surface area contributed by atoms with Crippen molar-refractivity contribution in [2.24, 2.45) is 5.92 Å². The highest BCUT2D eigenvalue weighted by atomic mass is 32.1. The smallest absolute Gasteiger partial charge is 0.228 e. The molecular formula is C8H16N2O2S. The monoisotopic (exact) mass is 204 g/mol. The highest BCUT2D eigenvalue weighted by molar-refractivity contribution is 7.80. The Morgan fingerprint density at radius 2 is 2.15 bits per heavy atom. The molecule has 0 radical (unpaired) electrons. The molecule has 76 valence electrons. The predicted molar refractivity (Wildman–Crippen MR) is 55.5 cm³/mol. The van der Waals surface area contributed by atoms with Gasteiger partial charge in [0.1, 0.15) is 0 Å². The molecule has 0 aliphatic carbocycles. The first-order valence-corrected chi connectivity index (χ1v) is 4.56. The number of amides is 1. The Kier molecular flexibility index (Phi) is 6.44. The maximum Gasteiger partial charge on any atom is 0.228 e. The summed E-state index contributed by atoms with van der Waals surface area (Å²) in [4.78, 5) is 11.1. The molecule has 2 N–H and O–H groups in total. The van der Waals surface area contributed by atoms with Gasteiger partial charge in [-0.25, -0.2) is 0 Å². The number of methoxy groups -OCH3 is 1. The second kappa shape index (κ2) is 6.80. The van der Waals surface area contributed by atoms with E-state index in [-0.39, 0.29) is 11.8 Å². The Labute approximate surface area is 84.0 Å². The first kappa shape index (κ1) is 12.3. The summed E-state index contributed by atoms with van der Waals surface area (Å²) >= 11 is 4.86. The fraction of sp³-hybridized carbons (Fsp3) is 0.750. The third kappa shape index (κ3) is 6.48. The lowest BCUT2D eigenvalue weighted by atomic mass is 10.2. The zero-order chi connectivity index (χ0) is 10.3. The summed E-state index contributed by atoms with van der Waals surface area (Å²) in [6, 6.07) is 0. The van der Waals surface area contributed by atoms with Gasteiger partial charge < -0.3 is 15.4 Å². The van der Waals surface area contributed by atoms with Crippen LogP contribution in [0.15, 0.2) is 0 Å². The molecule has 5 heteroatoms. The highest BCUT2D eigenvalue weighted by Crippen LogP contribution is 1.89. The van der Waals surface area contributed by atoms with Crippen molar-refractivity contribution >= 4 is 23.2 Å². The van der Waals surface area contributed by atoms with Gasteiger partial charge >= 0.3 is 0 Å². The number of hydrogen-bond donors (Lipinski definition) is 2. The normalized spacial score (nSPS) is 9.85. The van der Waals surface area contributed by atoms with E-state index in [0.717, 1.165) is 0 Å². The van der Waals surface area contributed by atoms with Crippen LogP contribution in [0.5, 0.6) is 0 Å². The van der Waals surface area contributed by atoms with Crippen LogP contribution in [0.2, 0.25) is 0 Å². The van der Waals surface area contributed by atoms with Crippen molar-refractivity contribution in [3.63, 3.8) is 0 Å². The molecular weight excluding hydrogens is 188 g/mol. The Bertz CT molecular complexity index is 183. The predicted octanol–water partition coefficient (Wildman–Crippen LogP) is 0.279. The molecule has 0 aromatic heterocycles. The van der Waals surface area contributed by atoms with Crippen LogP contribution in [0.3, 0.4) is 0 Å². The topological polar surface area (TPSA) is 50.4 Å². The minimum Gasteiger partial charge on any atom is -0.383 e. The molecule has 1 amide bonds. The van der Waals surface area contributed by atoms with Crippen LogP contribution in [0, 0.1) is 5.92 Å². The number of rotatable bonds is 4. The highest BCUT2D eigenvalue weighted by Gasteiger charge is 2.07. The second-order valence-corrected chi connectivity index (χ2v) is 3.30. The van der Waals surface area contributed by atoms with Gasteiger partial charge in [0.25, 0.3) is 0 Å². The van der Waals surface area contributed by atoms with Gasteiger partial charge in [-0.15, -0.1) is 0 Å². The fourth-order valence-corrected chi connectivity index (χ4v) is 0.770. The number of carbonyl (C=O) groups is 1. The molecule has 0 spiro atoms. The summed E-state index contributed by atoms with van der Waals surface area (Å²) in [5, 5.41) is 5.77. The Morgan fingerprint density at radius 1 is 1.54 bits per heavy atom. The number of carbonyl (C=O) groups excluding carboxylic acids is 1. The average Bonchev–Trinajstić information content (AvgIpc) is 2.04. The lowest BCUT2D eigenvalue weighted by Crippen LogP contribution is -2.42. The molecule has 0 heterocycles. The van der Waals surface area contributed by atoms with E-state index in [1.807, 2.05) is 13.8 Å². The largest absolute Gasteiger partial charge is 0.383 e. The van der Waals surface area contributed by atoms with Gasteiger partial charge in [-0.2, -0.15) is 0 Å². The van der Waals surface area contributed by atoms with Crippen LogP contribution in [-0.2, 0) is 9.53 Å². The SMILES string of the molecule is COCCNC(=S)NC(=O)C(C)C. The van der Waals surface area contributed by atoms with Gasteiger partial charge in [-0.3, -0.25) is 4.79 Å². The quantitative estimate of drug-likeness (QED) is 0.510. The number of thiocarbonyl (C=S) groups is 1. The first-order chi connectivity index (χ1) is 6.07. The van der Waals surface area contributed by atoms with Gasteiger partial charge in [-0.05, 0) is 12.2 Å². The van der Waals surface area contributed by atoms with E-state index in [2.05, 4.69) is 10.6 Å². The maximum absolute atomic E-state index is 11.1. The molecule has 0 rings (SSSR count). The summed E-state index contributed by atoms with van der Waals surface area (Å²) in [6.07, 6.45) is 0. The molecule has 0 aliphatic heterocycles. The van der Waals surface area contributed by atoms with Crippen LogP contribution in [0.25, 0.3) is 0 Å². The molecule has 0 unspecified atom stereocenters. The molecule has 0 aromatic rings. The molecule has 0 fully saturated rings. The van der Waals surface area contributed by atoms with Crippen molar-refractivity contribution < 1.29 is 9.53 Å². The van der Waals surface area contributed by atoms with E-state index in [0.29, 0.717) is 18.3 Å². The lowest BCUT2D eigenvalue weighted by molar-refractivity contribution is -0.122. The van der Waals surface area contributed by atoms with E-state index in [1.54, 1.807) is 7.11 Å². The molecule has 0 saturated carbocycles. The van der Waals surface area contributed by atoms with Gasteiger partial charge in [0.15, 0.2) is 5.11 Å². The van der Waals surface area contributed by atoms with Crippen molar-refractivity contribution in [2.45, 2.75) is 13.8 Å². The van der Waals surface area contributed by atoms with E-state index < -0.39 is 0 Å². The standard InChI is InChI=1S/C8H16N2O2S/c1-6(2)7(11)10-8(13)9-4-5-12-3/h6H,4-5H2,1-3H3,(H2,9,10,11,13). The Morgan fingerprint density at radius 3 is 2.62 bits per heavy atom. The van der Waals surface area contributed by atoms with Crippen LogP contribution >= 0.6 is 12.2 Å². The van der Waals surface area contributed by atoms with Crippen molar-refractivity contribution in [1.29, 1.82) is 0 Å². The zero-order valence-electron chi connectivity index (χ0n) is 8.22. The van der Waals surface area contributed by atoms with Crippen LogP contribution in [-0.4, -0.2) is 31.3 Å². The molecule has 0 bridgehead atoms. The van der Waals surface area contributed by atoms with E-state index >= 15 is 0 Å². The van der Waals surface area contributed by atoms with Crippen LogP contribution in [0.1, 0.15) is 13.8 Å². The molecule has 13 heavy (non-hydrogen) atoms. The number of ether oxygens (including phenoxy) is 1. The summed E-state index contributed by atoms with van der Waals surface area (Å²) < 4.78 is 4.81. The third-order valence-electron chi connectivity index (χ3n) is 1.35. The van der Waals surface area contributed by atoms with Gasteiger partial charge in [0.2, 0.25) is 5.91 Å². The zero-order valence-corrected chi connectivity index (χ0v) is 9.03. The van der Waals surface area contributed by atoms with Crippen LogP contribution < -0.4 is 10.6 Å². The number of hydrogen-bond acceptors (Lipinski definition) is 3. The first-order valence-electron chi connectivity index (χ1n) is 4.15. The molecule has 0 aliphatic rings. The van der Waals surface area contributed by atoms with E-state index in [4.69, 9.17) is 17.0 Å². The molecule has 4 nitrogen and oxygen atoms in total. The number of nitrogens with one attached hydrogen (secondary N) is 2. The fourth-order valence-electron chi connectivity index (χ4n) is 0.567. The van der Waals surface area contributed by atoms with Crippen molar-refractivity contribution in [2.75, 3.05) is 20.3 Å². The van der Waals surface area contributed by atoms with Crippen LogP contribution in [0.4, 0.5) is 0 Å². The minimum atomic E-state index is -0.0742. The average molecular weight is 204 g/mol. The second-order valence-electron chi connectivity index (χ2n) is 2.89. The van der Waals surface area contributed by atoms with Crippen molar-refractivity contribution in [3.05, 3.63) is 0 Å². The minimum absolute atomic E-state index is 0.0535. The molecule has 0 atom stereocenters. The molecule has 0 saturated heterocycles. The summed E-state index contributed by atoms with van der Waals surface area (Å²) in [5.41, 5.74) is 0. The summed E-state index contributed by atoms with van der Waals surface area (Å²) in [7, 11) is 1.61. The summed E-state index contributed by atoms with van der Waals surface area (Å²) in [5.74, 6) is -0.128. The Balaban J connectivity index is 3.56. The van der Waals surface area contributed by atoms with E-state index in [1.165, 1.54) is 0 Å². The van der Waals surface area contributed by atoms with Gasteiger partial charge in [0.05, 0.1) is 6.61 Å². The maximum atomic E-state index is 11.1. The Hall–Kier alpha value is -0.680. The van der Waals surface area contributed by atoms with Gasteiger partial charge in [-0.1, -0.05) is 13.8 Å². The van der Waals surface area contributed by atoms with Gasteiger partial charge in [0, 0.05) is 19.6 Å². The van der Waals surface area contributed by atoms with Crippen molar-refractivity contribution in [3.8, 4) is 0 Å². The van der Waals surface area contributed by atoms with E-state index in [9.17, 15) is 4.79 Å². The third-order valence-corrected chi connectivity index (χ3v) is 1.60.